The number of aromatic nitrogens is 3. The number of aryl methyl sites for hydroxylation is 2. The van der Waals surface area contributed by atoms with E-state index in [0.717, 1.165) is 30.7 Å². The average molecular weight is 357 g/mol. The van der Waals surface area contributed by atoms with E-state index in [9.17, 15) is 9.90 Å². The Hall–Kier alpha value is -2.41. The van der Waals surface area contributed by atoms with E-state index < -0.39 is 6.10 Å². The number of pyridine rings is 1. The van der Waals surface area contributed by atoms with Crippen molar-refractivity contribution >= 4 is 6.03 Å². The third-order valence-corrected chi connectivity index (χ3v) is 5.00. The SMILES string of the molecule is Cc1cccc(CCNC(=O)N2CCC([C@H](O)c3nccn3C)CC2)n1. The third-order valence-electron chi connectivity index (χ3n) is 5.00. The lowest BCUT2D eigenvalue weighted by molar-refractivity contribution is 0.0584. The molecule has 2 aromatic heterocycles. The van der Waals surface area contributed by atoms with Gasteiger partial charge in [0, 0.05) is 56.9 Å². The van der Waals surface area contributed by atoms with Gasteiger partial charge in [-0.3, -0.25) is 4.98 Å². The molecule has 2 amide bonds. The summed E-state index contributed by atoms with van der Waals surface area (Å²) in [6.07, 6.45) is 5.24. The molecule has 7 heteroatoms. The molecule has 140 valence electrons. The van der Waals surface area contributed by atoms with Gasteiger partial charge in [0.1, 0.15) is 11.9 Å². The van der Waals surface area contributed by atoms with Crippen LogP contribution in [0.5, 0.6) is 0 Å². The molecule has 0 aromatic carbocycles. The van der Waals surface area contributed by atoms with Gasteiger partial charge >= 0.3 is 6.03 Å². The van der Waals surface area contributed by atoms with Gasteiger partial charge in [0.05, 0.1) is 0 Å². The molecule has 1 atom stereocenters. The zero-order valence-corrected chi connectivity index (χ0v) is 15.4. The fourth-order valence-corrected chi connectivity index (χ4v) is 3.44. The topological polar surface area (TPSA) is 83.3 Å². The van der Waals surface area contributed by atoms with Crippen LogP contribution in [0, 0.1) is 12.8 Å². The first-order valence-corrected chi connectivity index (χ1v) is 9.15. The average Bonchev–Trinajstić information content (AvgIpc) is 3.07. The molecule has 26 heavy (non-hydrogen) atoms. The van der Waals surface area contributed by atoms with Crippen molar-refractivity contribution in [3.05, 3.63) is 47.8 Å². The molecule has 7 nitrogen and oxygen atoms in total. The number of imidazole rings is 1. The molecule has 0 aliphatic carbocycles. The number of nitrogens with one attached hydrogen (secondary N) is 1. The molecule has 1 aliphatic heterocycles. The summed E-state index contributed by atoms with van der Waals surface area (Å²) in [6.45, 7) is 3.85. The fraction of sp³-hybridized carbons (Fsp3) is 0.526. The van der Waals surface area contributed by atoms with E-state index in [-0.39, 0.29) is 11.9 Å². The first kappa shape index (κ1) is 18.4. The highest BCUT2D eigenvalue weighted by atomic mass is 16.3. The van der Waals surface area contributed by atoms with Crippen LogP contribution in [-0.2, 0) is 13.5 Å². The molecule has 1 fully saturated rings. The number of piperidine rings is 1. The second kappa shape index (κ2) is 8.31. The fourth-order valence-electron chi connectivity index (χ4n) is 3.44. The molecule has 0 saturated carbocycles. The van der Waals surface area contributed by atoms with Crippen LogP contribution >= 0.6 is 0 Å². The van der Waals surface area contributed by atoms with Crippen molar-refractivity contribution < 1.29 is 9.90 Å². The maximum absolute atomic E-state index is 12.3. The van der Waals surface area contributed by atoms with E-state index in [1.165, 1.54) is 0 Å². The number of aliphatic hydroxyl groups excluding tert-OH is 1. The monoisotopic (exact) mass is 357 g/mol. The minimum absolute atomic E-state index is 0.0393. The summed E-state index contributed by atoms with van der Waals surface area (Å²) in [5.74, 6) is 0.829. The zero-order chi connectivity index (χ0) is 18.5. The Bertz CT molecular complexity index is 737. The van der Waals surface area contributed by atoms with Gasteiger partial charge in [-0.1, -0.05) is 6.07 Å². The van der Waals surface area contributed by atoms with Crippen LogP contribution in [0.1, 0.15) is 36.2 Å². The van der Waals surface area contributed by atoms with Crippen molar-refractivity contribution in [1.29, 1.82) is 0 Å². The normalized spacial score (nSPS) is 16.5. The number of amides is 2. The molecular formula is C19H27N5O2. The number of hydrogen-bond donors (Lipinski definition) is 2. The van der Waals surface area contributed by atoms with Crippen molar-refractivity contribution in [1.82, 2.24) is 24.8 Å². The molecule has 2 aromatic rings. The summed E-state index contributed by atoms with van der Waals surface area (Å²) in [5.41, 5.74) is 1.98. The summed E-state index contributed by atoms with van der Waals surface area (Å²) in [7, 11) is 1.89. The minimum atomic E-state index is -0.576. The first-order chi connectivity index (χ1) is 12.5. The highest BCUT2D eigenvalue weighted by Crippen LogP contribution is 2.29. The summed E-state index contributed by atoms with van der Waals surface area (Å²) < 4.78 is 1.85. The maximum Gasteiger partial charge on any atom is 0.317 e. The van der Waals surface area contributed by atoms with Crippen LogP contribution in [0.25, 0.3) is 0 Å². The van der Waals surface area contributed by atoms with Crippen molar-refractivity contribution in [3.8, 4) is 0 Å². The third kappa shape index (κ3) is 4.40. The second-order valence-corrected chi connectivity index (χ2v) is 6.92. The molecule has 3 heterocycles. The lowest BCUT2D eigenvalue weighted by Crippen LogP contribution is -2.45. The summed E-state index contributed by atoms with van der Waals surface area (Å²) in [5, 5.41) is 13.5. The van der Waals surface area contributed by atoms with Crippen LogP contribution in [-0.4, -0.2) is 50.2 Å². The van der Waals surface area contributed by atoms with Crippen molar-refractivity contribution in [2.24, 2.45) is 13.0 Å². The molecule has 0 bridgehead atoms. The number of aliphatic hydroxyl groups is 1. The highest BCUT2D eigenvalue weighted by Gasteiger charge is 2.29. The molecule has 0 spiro atoms. The molecular weight excluding hydrogens is 330 g/mol. The van der Waals surface area contributed by atoms with Gasteiger partial charge in [0.25, 0.3) is 0 Å². The van der Waals surface area contributed by atoms with Crippen LogP contribution < -0.4 is 5.32 Å². The van der Waals surface area contributed by atoms with E-state index in [1.54, 1.807) is 6.20 Å². The van der Waals surface area contributed by atoms with Gasteiger partial charge in [0.2, 0.25) is 0 Å². The number of nitrogens with zero attached hydrogens (tertiary/aromatic N) is 4. The van der Waals surface area contributed by atoms with E-state index in [1.807, 2.05) is 47.8 Å². The van der Waals surface area contributed by atoms with Crippen LogP contribution in [0.15, 0.2) is 30.6 Å². The van der Waals surface area contributed by atoms with Crippen LogP contribution in [0.4, 0.5) is 4.79 Å². The summed E-state index contributed by atoms with van der Waals surface area (Å²) >= 11 is 0. The molecule has 3 rings (SSSR count). The Morgan fingerprint density at radius 3 is 2.81 bits per heavy atom. The lowest BCUT2D eigenvalue weighted by Gasteiger charge is -2.34. The van der Waals surface area contributed by atoms with Crippen LogP contribution in [0.2, 0.25) is 0 Å². The van der Waals surface area contributed by atoms with Gasteiger partial charge in [-0.25, -0.2) is 9.78 Å². The van der Waals surface area contributed by atoms with Gasteiger partial charge in [0.15, 0.2) is 0 Å². The predicted octanol–water partition coefficient (Wildman–Crippen LogP) is 1.82. The molecule has 2 N–H and O–H groups in total. The number of hydrogen-bond acceptors (Lipinski definition) is 4. The molecule has 0 radical (unpaired) electrons. The van der Waals surface area contributed by atoms with Crippen molar-refractivity contribution in [2.75, 3.05) is 19.6 Å². The Labute approximate surface area is 154 Å². The Morgan fingerprint density at radius 2 is 2.15 bits per heavy atom. The zero-order valence-electron chi connectivity index (χ0n) is 15.4. The van der Waals surface area contributed by atoms with Gasteiger partial charge < -0.3 is 19.9 Å². The van der Waals surface area contributed by atoms with Gasteiger partial charge in [-0.05, 0) is 37.8 Å². The molecule has 0 unspecified atom stereocenters. The smallest absolute Gasteiger partial charge is 0.317 e. The number of carbonyl (C=O) groups excluding carboxylic acids is 1. The standard InChI is InChI=1S/C19H27N5O2/c1-14-4-3-5-16(22-14)6-9-21-19(26)24-11-7-15(8-12-24)17(25)18-20-10-13-23(18)2/h3-5,10,13,15,17,25H,6-9,11-12H2,1-2H3,(H,21,26)/t17-/m0/s1. The number of urea groups is 1. The molecule has 1 aliphatic rings. The Morgan fingerprint density at radius 1 is 1.38 bits per heavy atom. The van der Waals surface area contributed by atoms with E-state index in [2.05, 4.69) is 15.3 Å². The molecule has 1 saturated heterocycles. The van der Waals surface area contributed by atoms with E-state index in [4.69, 9.17) is 0 Å². The minimum Gasteiger partial charge on any atom is -0.385 e. The quantitative estimate of drug-likeness (QED) is 0.855. The van der Waals surface area contributed by atoms with E-state index in [0.29, 0.717) is 25.5 Å². The first-order valence-electron chi connectivity index (χ1n) is 9.15. The second-order valence-electron chi connectivity index (χ2n) is 6.92. The largest absolute Gasteiger partial charge is 0.385 e. The number of likely N-dealkylation sites (tertiary alicyclic amines) is 1. The van der Waals surface area contributed by atoms with Crippen molar-refractivity contribution in [2.45, 2.75) is 32.3 Å². The maximum atomic E-state index is 12.3. The van der Waals surface area contributed by atoms with Crippen LogP contribution in [0.3, 0.4) is 0 Å². The Balaban J connectivity index is 1.43. The van der Waals surface area contributed by atoms with Crippen molar-refractivity contribution in [3.63, 3.8) is 0 Å². The van der Waals surface area contributed by atoms with Gasteiger partial charge in [-0.15, -0.1) is 0 Å². The number of rotatable bonds is 5. The summed E-state index contributed by atoms with van der Waals surface area (Å²) in [4.78, 5) is 22.8. The summed E-state index contributed by atoms with van der Waals surface area (Å²) in [6, 6.07) is 5.88. The lowest BCUT2D eigenvalue weighted by atomic mass is 9.91. The Kier molecular flexibility index (Phi) is 5.88. The number of carbonyl (C=O) groups is 1. The highest BCUT2D eigenvalue weighted by molar-refractivity contribution is 5.74. The predicted molar refractivity (Wildman–Crippen MR) is 98.5 cm³/mol. The van der Waals surface area contributed by atoms with Gasteiger partial charge in [-0.2, -0.15) is 0 Å². The van der Waals surface area contributed by atoms with E-state index >= 15 is 0 Å².